The molecule has 2 fully saturated rings. The number of nitrogens with two attached hydrogens (primary N) is 1. The zero-order valence-electron chi connectivity index (χ0n) is 8.35. The van der Waals surface area contributed by atoms with E-state index in [1.807, 2.05) is 4.90 Å². The predicted octanol–water partition coefficient (Wildman–Crippen LogP) is -0.293. The molecule has 0 radical (unpaired) electrons. The van der Waals surface area contributed by atoms with Crippen LogP contribution in [-0.2, 0) is 4.79 Å². The van der Waals surface area contributed by atoms with Crippen LogP contribution in [0.1, 0.15) is 25.7 Å². The Hall–Kier alpha value is -0.610. The van der Waals surface area contributed by atoms with E-state index in [1.54, 1.807) is 0 Å². The molecule has 4 heteroatoms. The maximum atomic E-state index is 11.6. The first-order valence-electron chi connectivity index (χ1n) is 5.40. The molecular weight excluding hydrogens is 180 g/mol. The fourth-order valence-electron chi connectivity index (χ4n) is 2.57. The molecule has 1 heterocycles. The third kappa shape index (κ3) is 1.64. The van der Waals surface area contributed by atoms with Crippen LogP contribution in [-0.4, -0.2) is 41.1 Å². The number of rotatable bonds is 2. The van der Waals surface area contributed by atoms with Crippen molar-refractivity contribution in [1.29, 1.82) is 0 Å². The zero-order chi connectivity index (χ0) is 10.1. The van der Waals surface area contributed by atoms with Crippen molar-refractivity contribution in [3.63, 3.8) is 0 Å². The van der Waals surface area contributed by atoms with Gasteiger partial charge in [0.1, 0.15) is 0 Å². The molecule has 1 amide bonds. The molecule has 1 saturated carbocycles. The van der Waals surface area contributed by atoms with Gasteiger partial charge < -0.3 is 15.7 Å². The van der Waals surface area contributed by atoms with Crippen LogP contribution in [0.4, 0.5) is 0 Å². The molecule has 1 aliphatic carbocycles. The van der Waals surface area contributed by atoms with Crippen LogP contribution in [0, 0.1) is 5.92 Å². The van der Waals surface area contributed by atoms with Gasteiger partial charge in [-0.05, 0) is 31.7 Å². The molecule has 0 aromatic carbocycles. The van der Waals surface area contributed by atoms with Gasteiger partial charge in [-0.15, -0.1) is 0 Å². The van der Waals surface area contributed by atoms with Gasteiger partial charge in [0, 0.05) is 13.0 Å². The Morgan fingerprint density at radius 1 is 1.50 bits per heavy atom. The molecule has 14 heavy (non-hydrogen) atoms. The molecule has 0 aromatic heterocycles. The van der Waals surface area contributed by atoms with Crippen LogP contribution in [0.15, 0.2) is 0 Å². The number of aliphatic hydroxyl groups excluding tert-OH is 1. The number of carbonyl (C=O) groups excluding carboxylic acids is 1. The highest BCUT2D eigenvalue weighted by molar-refractivity contribution is 5.79. The number of carbonyl (C=O) groups is 1. The second-order valence-electron chi connectivity index (χ2n) is 4.42. The van der Waals surface area contributed by atoms with E-state index in [0.717, 1.165) is 25.8 Å². The Kier molecular flexibility index (Phi) is 2.74. The van der Waals surface area contributed by atoms with Crippen molar-refractivity contribution >= 4 is 5.91 Å². The average molecular weight is 198 g/mol. The lowest BCUT2D eigenvalue weighted by Crippen LogP contribution is -2.41. The van der Waals surface area contributed by atoms with Crippen molar-refractivity contribution in [3.05, 3.63) is 0 Å². The quantitative estimate of drug-likeness (QED) is 0.640. The summed E-state index contributed by atoms with van der Waals surface area (Å²) in [6.45, 7) is 1.32. The lowest BCUT2D eigenvalue weighted by atomic mass is 10.1. The topological polar surface area (TPSA) is 66.6 Å². The van der Waals surface area contributed by atoms with Gasteiger partial charge in [-0.2, -0.15) is 0 Å². The Balaban J connectivity index is 2.00. The van der Waals surface area contributed by atoms with Gasteiger partial charge in [0.2, 0.25) is 5.91 Å². The minimum absolute atomic E-state index is 0.0686. The predicted molar refractivity (Wildman–Crippen MR) is 52.5 cm³/mol. The Labute approximate surface area is 84.1 Å². The van der Waals surface area contributed by atoms with Crippen molar-refractivity contribution in [3.8, 4) is 0 Å². The van der Waals surface area contributed by atoms with Gasteiger partial charge in [-0.1, -0.05) is 0 Å². The molecule has 3 unspecified atom stereocenters. The molecule has 3 atom stereocenters. The molecule has 0 aromatic rings. The summed E-state index contributed by atoms with van der Waals surface area (Å²) in [4.78, 5) is 13.5. The molecule has 80 valence electrons. The third-order valence-corrected chi connectivity index (χ3v) is 3.42. The first-order chi connectivity index (χ1) is 6.72. The van der Waals surface area contributed by atoms with Crippen LogP contribution in [0.2, 0.25) is 0 Å². The van der Waals surface area contributed by atoms with Crippen molar-refractivity contribution in [2.24, 2.45) is 11.7 Å². The first-order valence-corrected chi connectivity index (χ1v) is 5.40. The lowest BCUT2D eigenvalue weighted by molar-refractivity contribution is -0.131. The largest absolute Gasteiger partial charge is 0.391 e. The second kappa shape index (κ2) is 3.87. The lowest BCUT2D eigenvalue weighted by Gasteiger charge is -2.26. The van der Waals surface area contributed by atoms with Crippen molar-refractivity contribution in [2.75, 3.05) is 13.1 Å². The third-order valence-electron chi connectivity index (χ3n) is 3.42. The van der Waals surface area contributed by atoms with E-state index in [2.05, 4.69) is 0 Å². The van der Waals surface area contributed by atoms with E-state index in [1.165, 1.54) is 0 Å². The molecule has 1 aliphatic heterocycles. The van der Waals surface area contributed by atoms with Crippen LogP contribution < -0.4 is 5.73 Å². The van der Waals surface area contributed by atoms with E-state index in [0.29, 0.717) is 18.9 Å². The summed E-state index contributed by atoms with van der Waals surface area (Å²) in [6.07, 6.45) is 3.07. The maximum Gasteiger partial charge on any atom is 0.223 e. The van der Waals surface area contributed by atoms with E-state index in [9.17, 15) is 9.90 Å². The Morgan fingerprint density at radius 2 is 2.29 bits per heavy atom. The number of hydrogen-bond acceptors (Lipinski definition) is 3. The van der Waals surface area contributed by atoms with Gasteiger partial charge in [-0.25, -0.2) is 0 Å². The van der Waals surface area contributed by atoms with E-state index in [4.69, 9.17) is 5.73 Å². The summed E-state index contributed by atoms with van der Waals surface area (Å²) in [6, 6.07) is 0.0686. The molecule has 3 N–H and O–H groups in total. The van der Waals surface area contributed by atoms with Crippen LogP contribution in [0.5, 0.6) is 0 Å². The Bertz CT molecular complexity index is 232. The summed E-state index contributed by atoms with van der Waals surface area (Å²) < 4.78 is 0. The molecular formula is C10H18N2O2. The highest BCUT2D eigenvalue weighted by Crippen LogP contribution is 2.29. The number of likely N-dealkylation sites (tertiary alicyclic amines) is 1. The van der Waals surface area contributed by atoms with Gasteiger partial charge >= 0.3 is 0 Å². The first kappa shape index (κ1) is 9.93. The van der Waals surface area contributed by atoms with Gasteiger partial charge in [0.25, 0.3) is 0 Å². The summed E-state index contributed by atoms with van der Waals surface area (Å²) in [5.41, 5.74) is 5.55. The van der Waals surface area contributed by atoms with Gasteiger partial charge in [0.15, 0.2) is 0 Å². The molecule has 4 nitrogen and oxygen atoms in total. The summed E-state index contributed by atoms with van der Waals surface area (Å²) in [7, 11) is 0. The van der Waals surface area contributed by atoms with Crippen molar-refractivity contribution in [2.45, 2.75) is 37.8 Å². The number of hydrogen-bond donors (Lipinski definition) is 2. The monoisotopic (exact) mass is 198 g/mol. The highest BCUT2D eigenvalue weighted by atomic mass is 16.3. The van der Waals surface area contributed by atoms with E-state index < -0.39 is 0 Å². The van der Waals surface area contributed by atoms with E-state index in [-0.39, 0.29) is 18.1 Å². The van der Waals surface area contributed by atoms with Crippen LogP contribution in [0.25, 0.3) is 0 Å². The minimum atomic E-state index is -0.310. The fraction of sp³-hybridized carbons (Fsp3) is 0.900. The van der Waals surface area contributed by atoms with Crippen LogP contribution >= 0.6 is 0 Å². The minimum Gasteiger partial charge on any atom is -0.391 e. The molecule has 0 bridgehead atoms. The normalized spacial score (nSPS) is 38.3. The molecule has 2 rings (SSSR count). The number of amides is 1. The summed E-state index contributed by atoms with van der Waals surface area (Å²) in [5, 5.41) is 9.70. The number of aliphatic hydroxyl groups is 1. The summed E-state index contributed by atoms with van der Waals surface area (Å²) in [5.74, 6) is 0.474. The maximum absolute atomic E-state index is 11.6. The summed E-state index contributed by atoms with van der Waals surface area (Å²) >= 11 is 0. The molecule has 2 aliphatic rings. The molecule has 0 spiro atoms. The fourth-order valence-corrected chi connectivity index (χ4v) is 2.57. The SMILES string of the molecule is NCC1CC(=O)N(C2CCCC2O)C1. The van der Waals surface area contributed by atoms with Gasteiger partial charge in [-0.3, -0.25) is 4.79 Å². The molecule has 1 saturated heterocycles. The second-order valence-corrected chi connectivity index (χ2v) is 4.42. The average Bonchev–Trinajstić information content (AvgIpc) is 2.72. The van der Waals surface area contributed by atoms with Crippen LogP contribution in [0.3, 0.4) is 0 Å². The van der Waals surface area contributed by atoms with Crippen molar-refractivity contribution in [1.82, 2.24) is 4.90 Å². The number of nitrogens with zero attached hydrogens (tertiary/aromatic N) is 1. The smallest absolute Gasteiger partial charge is 0.223 e. The van der Waals surface area contributed by atoms with Crippen molar-refractivity contribution < 1.29 is 9.90 Å². The van der Waals surface area contributed by atoms with E-state index >= 15 is 0 Å². The zero-order valence-corrected chi connectivity index (χ0v) is 8.35. The van der Waals surface area contributed by atoms with Gasteiger partial charge in [0.05, 0.1) is 12.1 Å². The standard InChI is InChI=1S/C10H18N2O2/c11-5-7-4-10(14)12(6-7)8-2-1-3-9(8)13/h7-9,13H,1-6,11H2. The highest BCUT2D eigenvalue weighted by Gasteiger charge is 2.38. The Morgan fingerprint density at radius 3 is 2.79 bits per heavy atom.